The summed E-state index contributed by atoms with van der Waals surface area (Å²) in [7, 11) is -0.380. The fourth-order valence-corrected chi connectivity index (χ4v) is 7.56. The van der Waals surface area contributed by atoms with Crippen LogP contribution in [0.5, 0.6) is 0 Å². The SMILES string of the molecule is COCCCCOC1=C(c2cc(Cl)cc(Cl)c2)C(=O)N2C[C@H](O[Si](C)(C)C(C)(C)C)C[C@@]12Cc1ccc(Br)cc1. The number of carbonyl (C=O) groups excluding carboxylic acids is 1. The maximum Gasteiger partial charge on any atom is 0.258 e. The second kappa shape index (κ2) is 12.5. The van der Waals surface area contributed by atoms with Gasteiger partial charge in [0.2, 0.25) is 0 Å². The van der Waals surface area contributed by atoms with Crippen LogP contribution in [-0.2, 0) is 25.1 Å². The summed E-state index contributed by atoms with van der Waals surface area (Å²) in [5, 5.41) is 1.02. The first-order valence-electron chi connectivity index (χ1n) is 13.8. The number of rotatable bonds is 11. The quantitative estimate of drug-likeness (QED) is 0.178. The Morgan fingerprint density at radius 2 is 1.68 bits per heavy atom. The van der Waals surface area contributed by atoms with Crippen molar-refractivity contribution in [2.75, 3.05) is 26.9 Å². The van der Waals surface area contributed by atoms with Crippen molar-refractivity contribution in [3.63, 3.8) is 0 Å². The second-order valence-electron chi connectivity index (χ2n) is 12.4. The number of carbonyl (C=O) groups is 1. The number of amides is 1. The van der Waals surface area contributed by atoms with Gasteiger partial charge in [0.15, 0.2) is 8.32 Å². The lowest BCUT2D eigenvalue weighted by atomic mass is 9.85. The molecule has 1 fully saturated rings. The van der Waals surface area contributed by atoms with Crippen LogP contribution in [0.2, 0.25) is 28.2 Å². The third-order valence-electron chi connectivity index (χ3n) is 8.39. The van der Waals surface area contributed by atoms with Crippen LogP contribution < -0.4 is 0 Å². The molecule has 9 heteroatoms. The minimum atomic E-state index is -2.08. The third kappa shape index (κ3) is 6.66. The molecule has 0 aliphatic carbocycles. The number of methoxy groups -OCH3 is 1. The van der Waals surface area contributed by atoms with Gasteiger partial charge in [-0.15, -0.1) is 0 Å². The number of ether oxygens (including phenoxy) is 2. The maximum absolute atomic E-state index is 14.3. The molecule has 0 spiro atoms. The molecule has 1 saturated heterocycles. The van der Waals surface area contributed by atoms with Crippen LogP contribution >= 0.6 is 39.1 Å². The van der Waals surface area contributed by atoms with Gasteiger partial charge in [-0.25, -0.2) is 0 Å². The van der Waals surface area contributed by atoms with Crippen molar-refractivity contribution in [3.05, 3.63) is 73.9 Å². The van der Waals surface area contributed by atoms with Crippen molar-refractivity contribution in [3.8, 4) is 0 Å². The van der Waals surface area contributed by atoms with Gasteiger partial charge in [0.1, 0.15) is 11.3 Å². The van der Waals surface area contributed by atoms with E-state index in [1.54, 1.807) is 25.3 Å². The van der Waals surface area contributed by atoms with E-state index in [4.69, 9.17) is 37.1 Å². The van der Waals surface area contributed by atoms with Crippen LogP contribution in [0, 0.1) is 0 Å². The second-order valence-corrected chi connectivity index (χ2v) is 18.9. The summed E-state index contributed by atoms with van der Waals surface area (Å²) in [6, 6.07) is 13.6. The first-order valence-corrected chi connectivity index (χ1v) is 18.3. The van der Waals surface area contributed by atoms with E-state index >= 15 is 0 Å². The van der Waals surface area contributed by atoms with E-state index in [2.05, 4.69) is 61.9 Å². The predicted octanol–water partition coefficient (Wildman–Crippen LogP) is 8.53. The Hall–Kier alpha value is -1.35. The fourth-order valence-electron chi connectivity index (χ4n) is 5.43. The van der Waals surface area contributed by atoms with Gasteiger partial charge in [-0.1, -0.05) is 72.0 Å². The third-order valence-corrected chi connectivity index (χ3v) is 13.9. The van der Waals surface area contributed by atoms with E-state index in [0.717, 1.165) is 22.9 Å². The van der Waals surface area contributed by atoms with Crippen molar-refractivity contribution < 1.29 is 18.7 Å². The van der Waals surface area contributed by atoms with Gasteiger partial charge in [0.25, 0.3) is 5.91 Å². The van der Waals surface area contributed by atoms with E-state index in [1.165, 1.54) is 0 Å². The Bertz CT molecular complexity index is 1240. The lowest BCUT2D eigenvalue weighted by molar-refractivity contribution is -0.126. The highest BCUT2D eigenvalue weighted by Crippen LogP contribution is 2.51. The Kier molecular flexibility index (Phi) is 9.85. The average Bonchev–Trinajstić information content (AvgIpc) is 3.30. The predicted molar refractivity (Wildman–Crippen MR) is 169 cm³/mol. The molecule has 0 N–H and O–H groups in total. The summed E-state index contributed by atoms with van der Waals surface area (Å²) in [5.41, 5.74) is 1.67. The van der Waals surface area contributed by atoms with E-state index in [-0.39, 0.29) is 17.0 Å². The highest BCUT2D eigenvalue weighted by atomic mass is 79.9. The summed E-state index contributed by atoms with van der Waals surface area (Å²) < 4.78 is 19.8. The van der Waals surface area contributed by atoms with Crippen molar-refractivity contribution in [2.45, 2.75) is 76.2 Å². The average molecular weight is 670 g/mol. The van der Waals surface area contributed by atoms with E-state index < -0.39 is 13.9 Å². The molecule has 2 heterocycles. The Labute approximate surface area is 258 Å². The van der Waals surface area contributed by atoms with Crippen LogP contribution in [0.3, 0.4) is 0 Å². The van der Waals surface area contributed by atoms with Gasteiger partial charge in [-0.05, 0) is 72.4 Å². The zero-order chi connectivity index (χ0) is 29.3. The molecule has 218 valence electrons. The molecule has 5 nitrogen and oxygen atoms in total. The zero-order valence-corrected chi connectivity index (χ0v) is 28.4. The first-order chi connectivity index (χ1) is 18.8. The molecule has 4 rings (SSSR count). The lowest BCUT2D eigenvalue weighted by Gasteiger charge is -2.38. The molecule has 0 unspecified atom stereocenters. The van der Waals surface area contributed by atoms with Gasteiger partial charge >= 0.3 is 0 Å². The van der Waals surface area contributed by atoms with Crippen molar-refractivity contribution in [2.24, 2.45) is 0 Å². The highest BCUT2D eigenvalue weighted by molar-refractivity contribution is 9.10. The Morgan fingerprint density at radius 3 is 2.27 bits per heavy atom. The molecular weight excluding hydrogens is 629 g/mol. The van der Waals surface area contributed by atoms with Crippen LogP contribution in [0.4, 0.5) is 0 Å². The van der Waals surface area contributed by atoms with Crippen LogP contribution in [0.15, 0.2) is 52.7 Å². The zero-order valence-electron chi connectivity index (χ0n) is 24.3. The normalized spacial score (nSPS) is 21.4. The summed E-state index contributed by atoms with van der Waals surface area (Å²) >= 11 is 16.4. The molecule has 2 aromatic carbocycles. The first kappa shape index (κ1) is 31.6. The van der Waals surface area contributed by atoms with Crippen molar-refractivity contribution >= 4 is 58.9 Å². The van der Waals surface area contributed by atoms with Crippen LogP contribution in [0.25, 0.3) is 5.57 Å². The van der Waals surface area contributed by atoms with E-state index in [9.17, 15) is 4.79 Å². The molecule has 2 atom stereocenters. The van der Waals surface area contributed by atoms with Gasteiger partial charge in [0, 0.05) is 47.6 Å². The Morgan fingerprint density at radius 1 is 1.05 bits per heavy atom. The Balaban J connectivity index is 1.82. The van der Waals surface area contributed by atoms with Gasteiger partial charge in [-0.2, -0.15) is 0 Å². The van der Waals surface area contributed by atoms with E-state index in [0.29, 0.717) is 59.5 Å². The standard InChI is InChI=1S/C31H40BrCl2NO4Si/c1-30(2,3)40(5,6)39-26-19-31(18-21-9-11-23(32)12-10-21)28(38-14-8-7-13-37-4)27(29(36)35(31)20-26)22-15-24(33)17-25(34)16-22/h9-12,15-17,26H,7-8,13-14,18-20H2,1-6H3/t26-,31+/m1/s1. The maximum atomic E-state index is 14.3. The number of hydrogen-bond acceptors (Lipinski definition) is 4. The van der Waals surface area contributed by atoms with Gasteiger partial charge < -0.3 is 18.8 Å². The molecule has 2 aromatic rings. The number of benzene rings is 2. The summed E-state index contributed by atoms with van der Waals surface area (Å²) in [6.07, 6.45) is 2.88. The molecule has 2 aliphatic rings. The molecule has 0 radical (unpaired) electrons. The number of unbranched alkanes of at least 4 members (excludes halogenated alkanes) is 1. The minimum Gasteiger partial charge on any atom is -0.495 e. The largest absolute Gasteiger partial charge is 0.495 e. The molecule has 2 aliphatic heterocycles. The molecule has 1 amide bonds. The van der Waals surface area contributed by atoms with Gasteiger partial charge in [0.05, 0.1) is 18.3 Å². The highest BCUT2D eigenvalue weighted by Gasteiger charge is 2.59. The summed E-state index contributed by atoms with van der Waals surface area (Å²) in [5.74, 6) is 0.626. The number of hydrogen-bond donors (Lipinski definition) is 0. The van der Waals surface area contributed by atoms with Crippen LogP contribution in [-0.4, -0.2) is 57.6 Å². The lowest BCUT2D eigenvalue weighted by Crippen LogP contribution is -2.45. The number of nitrogens with zero attached hydrogens (tertiary/aromatic N) is 1. The van der Waals surface area contributed by atoms with Gasteiger partial charge in [-0.3, -0.25) is 4.79 Å². The summed E-state index contributed by atoms with van der Waals surface area (Å²) in [6.45, 7) is 12.9. The topological polar surface area (TPSA) is 48.0 Å². The fraction of sp³-hybridized carbons (Fsp3) is 0.516. The van der Waals surface area contributed by atoms with Crippen molar-refractivity contribution in [1.82, 2.24) is 4.90 Å². The molecule has 0 bridgehead atoms. The number of fused-ring (bicyclic) bond motifs is 1. The van der Waals surface area contributed by atoms with Crippen molar-refractivity contribution in [1.29, 1.82) is 0 Å². The molecule has 40 heavy (non-hydrogen) atoms. The smallest absolute Gasteiger partial charge is 0.258 e. The minimum absolute atomic E-state index is 0.0577. The van der Waals surface area contributed by atoms with Crippen LogP contribution in [0.1, 0.15) is 51.2 Å². The number of halogens is 3. The molecular formula is C31H40BrCl2NO4Si. The molecule has 0 aromatic heterocycles. The van der Waals surface area contributed by atoms with E-state index in [1.807, 2.05) is 17.0 Å². The molecule has 0 saturated carbocycles. The monoisotopic (exact) mass is 667 g/mol. The summed E-state index contributed by atoms with van der Waals surface area (Å²) in [4.78, 5) is 16.3.